The van der Waals surface area contributed by atoms with Crippen LogP contribution in [0.5, 0.6) is 0 Å². The van der Waals surface area contributed by atoms with Crippen LogP contribution in [0.2, 0.25) is 0 Å². The second-order valence-electron chi connectivity index (χ2n) is 4.96. The minimum atomic E-state index is -0.773. The Labute approximate surface area is 113 Å². The predicted molar refractivity (Wildman–Crippen MR) is 77.2 cm³/mol. The van der Waals surface area contributed by atoms with E-state index in [0.717, 1.165) is 0 Å². The third-order valence-corrected chi connectivity index (χ3v) is 3.31. The van der Waals surface area contributed by atoms with Crippen LogP contribution >= 0.6 is 0 Å². The van der Waals surface area contributed by atoms with Crippen LogP contribution in [0.15, 0.2) is 42.5 Å². The maximum absolute atomic E-state index is 10.7. The first-order valence-electron chi connectivity index (χ1n) is 6.53. The normalized spacial score (nSPS) is 14.2. The monoisotopic (exact) mass is 257 g/mol. The summed E-state index contributed by atoms with van der Waals surface area (Å²) in [6, 6.07) is 14.5. The van der Waals surface area contributed by atoms with Gasteiger partial charge in [-0.25, -0.2) is 0 Å². The zero-order valence-electron chi connectivity index (χ0n) is 11.3. The van der Waals surface area contributed by atoms with Crippen LogP contribution in [0.1, 0.15) is 31.9 Å². The lowest BCUT2D eigenvalue weighted by molar-refractivity contribution is -0.137. The van der Waals surface area contributed by atoms with Gasteiger partial charge in [-0.05, 0) is 30.2 Å². The fraction of sp³-hybridized carbons (Fsp3) is 0.312. The van der Waals surface area contributed by atoms with E-state index < -0.39 is 5.97 Å². The van der Waals surface area contributed by atoms with Crippen molar-refractivity contribution in [2.24, 2.45) is 0 Å². The molecule has 2 aromatic carbocycles. The Bertz CT molecular complexity index is 574. The van der Waals surface area contributed by atoms with Gasteiger partial charge in [0.1, 0.15) is 0 Å². The number of hydrogen-bond donors (Lipinski definition) is 2. The zero-order chi connectivity index (χ0) is 13.8. The number of aliphatic carboxylic acids is 1. The summed E-state index contributed by atoms with van der Waals surface area (Å²) >= 11 is 0. The summed E-state index contributed by atoms with van der Waals surface area (Å²) in [6.07, 6.45) is 0.134. The standard InChI is InChI=1S/C16H19NO2/c1-11(10-16(18)19)17-12(2)14-9-5-7-13-6-3-4-8-15(13)14/h3-9,11-12,17H,10H2,1-2H3,(H,18,19)/t11?,12-/m1/s1. The van der Waals surface area contributed by atoms with E-state index in [0.29, 0.717) is 0 Å². The first-order chi connectivity index (χ1) is 9.08. The molecule has 0 fully saturated rings. The Morgan fingerprint density at radius 2 is 1.84 bits per heavy atom. The van der Waals surface area contributed by atoms with E-state index in [4.69, 9.17) is 5.11 Å². The number of rotatable bonds is 5. The van der Waals surface area contributed by atoms with Crippen molar-refractivity contribution in [2.45, 2.75) is 32.4 Å². The molecule has 2 N–H and O–H groups in total. The van der Waals surface area contributed by atoms with Gasteiger partial charge in [0.25, 0.3) is 0 Å². The summed E-state index contributed by atoms with van der Waals surface area (Å²) in [5, 5.41) is 14.6. The van der Waals surface area contributed by atoms with Crippen LogP contribution in [-0.4, -0.2) is 17.1 Å². The Hall–Kier alpha value is -1.87. The highest BCUT2D eigenvalue weighted by Crippen LogP contribution is 2.24. The Morgan fingerprint density at radius 1 is 1.16 bits per heavy atom. The molecule has 0 aliphatic rings. The van der Waals surface area contributed by atoms with E-state index in [1.165, 1.54) is 16.3 Å². The largest absolute Gasteiger partial charge is 0.481 e. The molecule has 2 atom stereocenters. The lowest BCUT2D eigenvalue weighted by atomic mass is 9.99. The lowest BCUT2D eigenvalue weighted by Gasteiger charge is -2.20. The SMILES string of the molecule is CC(CC(=O)O)N[C@H](C)c1cccc2ccccc12. The molecule has 0 aliphatic carbocycles. The number of carboxylic acid groups (broad SMARTS) is 1. The number of carboxylic acids is 1. The molecule has 0 saturated heterocycles. The average molecular weight is 257 g/mol. The van der Waals surface area contributed by atoms with Gasteiger partial charge in [0, 0.05) is 12.1 Å². The minimum Gasteiger partial charge on any atom is -0.481 e. The van der Waals surface area contributed by atoms with E-state index in [9.17, 15) is 4.79 Å². The number of hydrogen-bond acceptors (Lipinski definition) is 2. The molecule has 0 radical (unpaired) electrons. The predicted octanol–water partition coefficient (Wildman–Crippen LogP) is 3.35. The van der Waals surface area contributed by atoms with Crippen LogP contribution in [0, 0.1) is 0 Å². The van der Waals surface area contributed by atoms with Gasteiger partial charge in [-0.2, -0.15) is 0 Å². The van der Waals surface area contributed by atoms with E-state index >= 15 is 0 Å². The summed E-state index contributed by atoms with van der Waals surface area (Å²) < 4.78 is 0. The molecule has 1 unspecified atom stereocenters. The van der Waals surface area contributed by atoms with E-state index in [1.54, 1.807) is 0 Å². The van der Waals surface area contributed by atoms with Gasteiger partial charge in [-0.3, -0.25) is 4.79 Å². The number of carbonyl (C=O) groups is 1. The molecule has 0 aliphatic heterocycles. The molecule has 0 spiro atoms. The van der Waals surface area contributed by atoms with Crippen LogP contribution in [-0.2, 0) is 4.79 Å². The van der Waals surface area contributed by atoms with Crippen molar-refractivity contribution in [3.8, 4) is 0 Å². The first-order valence-corrected chi connectivity index (χ1v) is 6.53. The molecular weight excluding hydrogens is 238 g/mol. The van der Waals surface area contributed by atoms with Gasteiger partial charge in [0.15, 0.2) is 0 Å². The molecule has 0 bridgehead atoms. The summed E-state index contributed by atoms with van der Waals surface area (Å²) in [5.74, 6) is -0.773. The summed E-state index contributed by atoms with van der Waals surface area (Å²) in [4.78, 5) is 10.7. The molecule has 0 aromatic heterocycles. The van der Waals surface area contributed by atoms with E-state index in [1.807, 2.05) is 25.1 Å². The molecule has 19 heavy (non-hydrogen) atoms. The van der Waals surface area contributed by atoms with Crippen LogP contribution in [0.4, 0.5) is 0 Å². The number of fused-ring (bicyclic) bond motifs is 1. The summed E-state index contributed by atoms with van der Waals surface area (Å²) in [6.45, 7) is 3.97. The van der Waals surface area contributed by atoms with Crippen molar-refractivity contribution in [1.29, 1.82) is 0 Å². The average Bonchev–Trinajstić information content (AvgIpc) is 2.36. The molecule has 0 amide bonds. The van der Waals surface area contributed by atoms with Crippen molar-refractivity contribution >= 4 is 16.7 Å². The Kier molecular flexibility index (Phi) is 4.17. The van der Waals surface area contributed by atoms with Gasteiger partial charge in [-0.1, -0.05) is 42.5 Å². The summed E-state index contributed by atoms with van der Waals surface area (Å²) in [7, 11) is 0. The highest BCUT2D eigenvalue weighted by atomic mass is 16.4. The maximum atomic E-state index is 10.7. The highest BCUT2D eigenvalue weighted by molar-refractivity contribution is 5.86. The smallest absolute Gasteiger partial charge is 0.304 e. The lowest BCUT2D eigenvalue weighted by Crippen LogP contribution is -2.31. The second kappa shape index (κ2) is 5.85. The van der Waals surface area contributed by atoms with Crippen molar-refractivity contribution in [3.05, 3.63) is 48.0 Å². The van der Waals surface area contributed by atoms with Crippen molar-refractivity contribution in [2.75, 3.05) is 0 Å². The minimum absolute atomic E-state index is 0.0496. The van der Waals surface area contributed by atoms with Gasteiger partial charge >= 0.3 is 5.97 Å². The van der Waals surface area contributed by atoms with Crippen LogP contribution in [0.25, 0.3) is 10.8 Å². The van der Waals surface area contributed by atoms with E-state index in [2.05, 4.69) is 36.5 Å². The second-order valence-corrected chi connectivity index (χ2v) is 4.96. The molecule has 3 nitrogen and oxygen atoms in total. The number of benzene rings is 2. The Balaban J connectivity index is 2.21. The quantitative estimate of drug-likeness (QED) is 0.863. The third kappa shape index (κ3) is 3.32. The highest BCUT2D eigenvalue weighted by Gasteiger charge is 2.13. The molecule has 3 heteroatoms. The first kappa shape index (κ1) is 13.6. The van der Waals surface area contributed by atoms with Crippen LogP contribution < -0.4 is 5.32 Å². The molecule has 100 valence electrons. The maximum Gasteiger partial charge on any atom is 0.304 e. The molecule has 2 rings (SSSR count). The third-order valence-electron chi connectivity index (χ3n) is 3.31. The summed E-state index contributed by atoms with van der Waals surface area (Å²) in [5.41, 5.74) is 1.20. The molecular formula is C16H19NO2. The van der Waals surface area contributed by atoms with Gasteiger partial charge in [0.05, 0.1) is 6.42 Å². The van der Waals surface area contributed by atoms with Crippen molar-refractivity contribution in [3.63, 3.8) is 0 Å². The number of nitrogens with one attached hydrogen (secondary N) is 1. The molecule has 2 aromatic rings. The zero-order valence-corrected chi connectivity index (χ0v) is 11.3. The van der Waals surface area contributed by atoms with Gasteiger partial charge < -0.3 is 10.4 Å². The van der Waals surface area contributed by atoms with Crippen molar-refractivity contribution < 1.29 is 9.90 Å². The molecule has 0 heterocycles. The van der Waals surface area contributed by atoms with Gasteiger partial charge in [-0.15, -0.1) is 0 Å². The fourth-order valence-electron chi connectivity index (χ4n) is 2.47. The fourth-order valence-corrected chi connectivity index (χ4v) is 2.47. The van der Waals surface area contributed by atoms with Crippen LogP contribution in [0.3, 0.4) is 0 Å². The topological polar surface area (TPSA) is 49.3 Å². The van der Waals surface area contributed by atoms with Crippen molar-refractivity contribution in [1.82, 2.24) is 5.32 Å². The molecule has 0 saturated carbocycles. The van der Waals surface area contributed by atoms with Gasteiger partial charge in [0.2, 0.25) is 0 Å². The van der Waals surface area contributed by atoms with E-state index in [-0.39, 0.29) is 18.5 Å². The Morgan fingerprint density at radius 3 is 2.58 bits per heavy atom.